The molecule has 0 aliphatic carbocycles. The van der Waals surface area contributed by atoms with Gasteiger partial charge >= 0.3 is 5.97 Å². The Morgan fingerprint density at radius 3 is 2.60 bits per heavy atom. The number of rotatable bonds is 5. The van der Waals surface area contributed by atoms with E-state index in [2.05, 4.69) is 49.6 Å². The number of methoxy groups -OCH3 is 1. The molecule has 2 N–H and O–H groups in total. The molecule has 2 rings (SSSR count). The van der Waals surface area contributed by atoms with E-state index in [-0.39, 0.29) is 12.0 Å². The number of esters is 1. The third-order valence-electron chi connectivity index (χ3n) is 4.06. The molecule has 0 radical (unpaired) electrons. The lowest BCUT2D eigenvalue weighted by Gasteiger charge is -2.22. The van der Waals surface area contributed by atoms with Crippen LogP contribution in [-0.4, -0.2) is 18.2 Å². The summed E-state index contributed by atoms with van der Waals surface area (Å²) in [5, 5.41) is 7.02. The zero-order valence-electron chi connectivity index (χ0n) is 15.1. The summed E-state index contributed by atoms with van der Waals surface area (Å²) in [5.74, 6) is -0.371. The van der Waals surface area contributed by atoms with Gasteiger partial charge in [0.15, 0.2) is 5.11 Å². The smallest absolute Gasteiger partial charge is 0.337 e. The number of hydrogen-bond acceptors (Lipinski definition) is 3. The summed E-state index contributed by atoms with van der Waals surface area (Å²) in [7, 11) is 1.37. The van der Waals surface area contributed by atoms with Gasteiger partial charge in [-0.15, -0.1) is 0 Å². The largest absolute Gasteiger partial charge is 0.465 e. The molecule has 0 unspecified atom stereocenters. The highest BCUT2D eigenvalue weighted by Crippen LogP contribution is 2.22. The van der Waals surface area contributed by atoms with E-state index in [1.54, 1.807) is 18.2 Å². The maximum absolute atomic E-state index is 11.6. The Morgan fingerprint density at radius 2 is 1.96 bits per heavy atom. The highest BCUT2D eigenvalue weighted by molar-refractivity contribution is 7.80. The third-order valence-corrected chi connectivity index (χ3v) is 4.28. The second-order valence-corrected chi connectivity index (χ2v) is 6.40. The second kappa shape index (κ2) is 8.62. The van der Waals surface area contributed by atoms with Gasteiger partial charge in [-0.2, -0.15) is 0 Å². The van der Waals surface area contributed by atoms with Gasteiger partial charge in [-0.25, -0.2) is 4.79 Å². The Balaban J connectivity index is 2.09. The van der Waals surface area contributed by atoms with Crippen LogP contribution in [0.15, 0.2) is 42.5 Å². The molecule has 0 saturated carbocycles. The molecular weight excluding hydrogens is 332 g/mol. The quantitative estimate of drug-likeness (QED) is 0.609. The van der Waals surface area contributed by atoms with E-state index in [0.717, 1.165) is 12.1 Å². The van der Waals surface area contributed by atoms with Crippen LogP contribution >= 0.6 is 12.2 Å². The number of carbonyl (C=O) groups excluding carboxylic acids is 1. The predicted octanol–water partition coefficient (Wildman–Crippen LogP) is 4.53. The van der Waals surface area contributed by atoms with E-state index in [9.17, 15) is 4.79 Å². The normalized spacial score (nSPS) is 11.5. The molecule has 132 valence electrons. The fourth-order valence-electron chi connectivity index (χ4n) is 2.78. The Kier molecular flexibility index (Phi) is 6.53. The summed E-state index contributed by atoms with van der Waals surface area (Å²) in [5.41, 5.74) is 4.96. The predicted molar refractivity (Wildman–Crippen MR) is 106 cm³/mol. The maximum atomic E-state index is 11.6. The monoisotopic (exact) mass is 356 g/mol. The van der Waals surface area contributed by atoms with Crippen LogP contribution in [-0.2, 0) is 4.74 Å². The first-order chi connectivity index (χ1) is 11.9. The van der Waals surface area contributed by atoms with E-state index in [1.807, 2.05) is 6.07 Å². The molecule has 0 amide bonds. The van der Waals surface area contributed by atoms with Crippen molar-refractivity contribution in [3.8, 4) is 0 Å². The molecule has 25 heavy (non-hydrogen) atoms. The summed E-state index contributed by atoms with van der Waals surface area (Å²) < 4.78 is 4.74. The fraction of sp³-hybridized carbons (Fsp3) is 0.300. The van der Waals surface area contributed by atoms with Crippen LogP contribution in [0.1, 0.15) is 46.4 Å². The van der Waals surface area contributed by atoms with Crippen LogP contribution in [0.4, 0.5) is 5.69 Å². The summed E-state index contributed by atoms with van der Waals surface area (Å²) >= 11 is 5.45. The molecule has 0 spiro atoms. The Bertz CT molecular complexity index is 774. The Labute approximate surface area is 154 Å². The summed E-state index contributed by atoms with van der Waals surface area (Å²) in [4.78, 5) is 11.6. The van der Waals surface area contributed by atoms with Crippen LogP contribution in [0, 0.1) is 13.8 Å². The number of carbonyl (C=O) groups is 1. The summed E-state index contributed by atoms with van der Waals surface area (Å²) in [6.07, 6.45) is 0.911. The number of anilines is 1. The van der Waals surface area contributed by atoms with E-state index in [4.69, 9.17) is 17.0 Å². The molecular formula is C20H24N2O2S. The van der Waals surface area contributed by atoms with Gasteiger partial charge in [0.05, 0.1) is 18.7 Å². The molecule has 0 fully saturated rings. The van der Waals surface area contributed by atoms with Gasteiger partial charge in [0, 0.05) is 5.69 Å². The molecule has 0 bridgehead atoms. The minimum Gasteiger partial charge on any atom is -0.465 e. The third kappa shape index (κ3) is 5.03. The minimum absolute atomic E-state index is 0.129. The van der Waals surface area contributed by atoms with Gasteiger partial charge in [-0.3, -0.25) is 0 Å². The van der Waals surface area contributed by atoms with Crippen molar-refractivity contribution in [1.29, 1.82) is 0 Å². The summed E-state index contributed by atoms with van der Waals surface area (Å²) in [6.45, 7) is 6.33. The van der Waals surface area contributed by atoms with Gasteiger partial charge in [-0.1, -0.05) is 36.8 Å². The standard InChI is InChI=1S/C20H24N2O2S/c1-5-18(17-10-9-13(2)11-14(17)3)22-20(25)21-16-8-6-7-15(12-16)19(23)24-4/h6-12,18H,5H2,1-4H3,(H2,21,22,25)/t18-/m0/s1. The molecule has 0 saturated heterocycles. The average molecular weight is 356 g/mol. The SMILES string of the molecule is CC[C@H](NC(=S)Nc1cccc(C(=O)OC)c1)c1ccc(C)cc1C. The topological polar surface area (TPSA) is 50.4 Å². The first kappa shape index (κ1) is 18.9. The van der Waals surface area contributed by atoms with Crippen LogP contribution in [0.2, 0.25) is 0 Å². The van der Waals surface area contributed by atoms with Crippen molar-refractivity contribution in [2.75, 3.05) is 12.4 Å². The number of aryl methyl sites for hydroxylation is 2. The van der Waals surface area contributed by atoms with Gasteiger partial charge < -0.3 is 15.4 Å². The fourth-order valence-corrected chi connectivity index (χ4v) is 3.04. The molecule has 5 heteroatoms. The van der Waals surface area contributed by atoms with Crippen molar-refractivity contribution < 1.29 is 9.53 Å². The van der Waals surface area contributed by atoms with Crippen LogP contribution in [0.25, 0.3) is 0 Å². The van der Waals surface area contributed by atoms with E-state index >= 15 is 0 Å². The first-order valence-corrected chi connectivity index (χ1v) is 8.68. The van der Waals surface area contributed by atoms with Crippen molar-refractivity contribution in [3.05, 3.63) is 64.7 Å². The van der Waals surface area contributed by atoms with Gasteiger partial charge in [0.25, 0.3) is 0 Å². The van der Waals surface area contributed by atoms with Crippen molar-refractivity contribution in [1.82, 2.24) is 5.32 Å². The van der Waals surface area contributed by atoms with Crippen molar-refractivity contribution >= 4 is 29.0 Å². The van der Waals surface area contributed by atoms with Crippen LogP contribution in [0.5, 0.6) is 0 Å². The van der Waals surface area contributed by atoms with Crippen LogP contribution in [0.3, 0.4) is 0 Å². The van der Waals surface area contributed by atoms with E-state index in [1.165, 1.54) is 23.8 Å². The van der Waals surface area contributed by atoms with Gasteiger partial charge in [-0.05, 0) is 61.8 Å². The average Bonchev–Trinajstić information content (AvgIpc) is 2.59. The number of nitrogens with one attached hydrogen (secondary N) is 2. The Hall–Kier alpha value is -2.40. The van der Waals surface area contributed by atoms with Gasteiger partial charge in [0.1, 0.15) is 0 Å². The zero-order valence-corrected chi connectivity index (χ0v) is 15.9. The molecule has 0 heterocycles. The van der Waals surface area contributed by atoms with Crippen molar-refractivity contribution in [2.45, 2.75) is 33.2 Å². The Morgan fingerprint density at radius 1 is 1.20 bits per heavy atom. The lowest BCUT2D eigenvalue weighted by Crippen LogP contribution is -2.32. The molecule has 0 aromatic heterocycles. The molecule has 0 aliphatic heterocycles. The molecule has 1 atom stereocenters. The maximum Gasteiger partial charge on any atom is 0.337 e. The molecule has 2 aromatic rings. The van der Waals surface area contributed by atoms with Gasteiger partial charge in [0.2, 0.25) is 0 Å². The molecule has 2 aromatic carbocycles. The first-order valence-electron chi connectivity index (χ1n) is 8.27. The minimum atomic E-state index is -0.371. The number of thiocarbonyl (C=S) groups is 1. The van der Waals surface area contributed by atoms with E-state index < -0.39 is 0 Å². The number of benzene rings is 2. The highest BCUT2D eigenvalue weighted by atomic mass is 32.1. The lowest BCUT2D eigenvalue weighted by molar-refractivity contribution is 0.0601. The zero-order chi connectivity index (χ0) is 18.4. The van der Waals surface area contributed by atoms with E-state index in [0.29, 0.717) is 10.7 Å². The number of ether oxygens (including phenoxy) is 1. The van der Waals surface area contributed by atoms with Crippen LogP contribution < -0.4 is 10.6 Å². The molecule has 0 aliphatic rings. The highest BCUT2D eigenvalue weighted by Gasteiger charge is 2.13. The summed E-state index contributed by atoms with van der Waals surface area (Å²) in [6, 6.07) is 13.6. The van der Waals surface area contributed by atoms with Crippen molar-refractivity contribution in [2.24, 2.45) is 0 Å². The molecule has 4 nitrogen and oxygen atoms in total. The second-order valence-electron chi connectivity index (χ2n) is 5.99. The number of hydrogen-bond donors (Lipinski definition) is 2. The lowest BCUT2D eigenvalue weighted by atomic mass is 9.98. The van der Waals surface area contributed by atoms with Crippen molar-refractivity contribution in [3.63, 3.8) is 0 Å².